The monoisotopic (exact) mass is 340 g/mol. The van der Waals surface area contributed by atoms with Gasteiger partial charge in [-0.3, -0.25) is 9.69 Å². The number of amides is 1. The number of aliphatic carboxylic acids is 1. The van der Waals surface area contributed by atoms with E-state index in [1.807, 2.05) is 0 Å². The van der Waals surface area contributed by atoms with Crippen molar-refractivity contribution < 1.29 is 45.7 Å². The van der Waals surface area contributed by atoms with Crippen LogP contribution in [0.15, 0.2) is 14.9 Å². The maximum Gasteiger partial charge on any atom is 1.00 e. The van der Waals surface area contributed by atoms with E-state index in [-0.39, 0.29) is 48.0 Å². The molecule has 1 saturated heterocycles. The summed E-state index contributed by atoms with van der Waals surface area (Å²) < 4.78 is 0.582. The minimum absolute atomic E-state index is 0. The van der Waals surface area contributed by atoms with Crippen molar-refractivity contribution >= 4 is 51.9 Å². The van der Waals surface area contributed by atoms with Crippen LogP contribution in [0.3, 0.4) is 0 Å². The summed E-state index contributed by atoms with van der Waals surface area (Å²) in [6.07, 6.45) is 0.408. The molecule has 1 atom stereocenters. The number of carbonyl (C=O) groups excluding carboxylic acids is 1. The summed E-state index contributed by atoms with van der Waals surface area (Å²) in [4.78, 5) is 24.9. The van der Waals surface area contributed by atoms with Crippen LogP contribution in [0.25, 0.3) is 0 Å². The summed E-state index contributed by atoms with van der Waals surface area (Å²) in [6, 6.07) is 0. The molecule has 0 saturated carbocycles. The number of thioether (sulfide) groups is 2. The smallest absolute Gasteiger partial charge is 1.00 e. The van der Waals surface area contributed by atoms with Gasteiger partial charge < -0.3 is 12.3 Å². The summed E-state index contributed by atoms with van der Waals surface area (Å²) in [5.74, 6) is -0.678. The minimum Gasteiger partial charge on any atom is -1.00 e. The van der Waals surface area contributed by atoms with E-state index in [4.69, 9.17) is 5.73 Å². The summed E-state index contributed by atoms with van der Waals surface area (Å²) in [5, 5.41) is 17.1. The molecule has 3 rings (SSSR count). The first-order valence-electron chi connectivity index (χ1n) is 5.23. The number of rotatable bonds is 3. The number of aromatic nitrogens is 2. The van der Waals surface area contributed by atoms with Gasteiger partial charge in [0.25, 0.3) is 0 Å². The number of nitrogens with zero attached hydrogens (tertiary/aromatic N) is 3. The van der Waals surface area contributed by atoms with Gasteiger partial charge in [-0.1, -0.05) is 23.1 Å². The first-order chi connectivity index (χ1) is 9.06. The zero-order valence-corrected chi connectivity index (χ0v) is 14.8. The topological polar surface area (TPSA) is 109 Å². The fraction of sp³-hybridized carbons (Fsp3) is 0.333. The first kappa shape index (κ1) is 16.1. The Morgan fingerprint density at radius 1 is 1.55 bits per heavy atom. The van der Waals surface area contributed by atoms with E-state index in [9.17, 15) is 14.7 Å². The van der Waals surface area contributed by atoms with Crippen molar-refractivity contribution in [3.8, 4) is 0 Å². The van der Waals surface area contributed by atoms with Gasteiger partial charge in [-0.25, -0.2) is 4.79 Å². The normalized spacial score (nSPS) is 21.1. The maximum absolute atomic E-state index is 11.5. The Labute approximate surface area is 150 Å². The molecule has 7 nitrogen and oxygen atoms in total. The third-order valence-corrected chi connectivity index (χ3v) is 5.94. The van der Waals surface area contributed by atoms with Crippen molar-refractivity contribution in [2.45, 2.75) is 16.1 Å². The van der Waals surface area contributed by atoms with E-state index >= 15 is 0 Å². The summed E-state index contributed by atoms with van der Waals surface area (Å²) in [5.41, 5.74) is 5.56. The minimum atomic E-state index is -1.08. The average Bonchev–Trinajstić information content (AvgIpc) is 2.74. The van der Waals surface area contributed by atoms with Crippen LogP contribution in [0, 0.1) is 0 Å². The molecule has 1 unspecified atom stereocenters. The Balaban J connectivity index is 0.00000110. The molecule has 0 aromatic carbocycles. The number of β-lactam (4-membered cyclic amide) rings is 1. The number of nitrogens with two attached hydrogens (primary N) is 1. The van der Waals surface area contributed by atoms with Crippen molar-refractivity contribution in [2.24, 2.45) is 0 Å². The number of nitrogen functional groups attached to an aromatic ring is 1. The number of carbonyl (C=O) groups is 2. The van der Waals surface area contributed by atoms with Crippen molar-refractivity contribution in [2.75, 3.05) is 11.5 Å². The second kappa shape index (κ2) is 6.24. The van der Waals surface area contributed by atoms with Crippen LogP contribution < -0.4 is 35.3 Å². The Kier molecular flexibility index (Phi) is 5.03. The molecule has 1 fully saturated rings. The number of anilines is 1. The van der Waals surface area contributed by atoms with E-state index in [0.29, 0.717) is 26.6 Å². The predicted molar refractivity (Wildman–Crippen MR) is 73.7 cm³/mol. The van der Waals surface area contributed by atoms with Gasteiger partial charge in [-0.15, -0.1) is 22.0 Å². The largest absolute Gasteiger partial charge is 1.00 e. The molecule has 1 amide bonds. The second-order valence-electron chi connectivity index (χ2n) is 3.82. The molecule has 2 aliphatic heterocycles. The first-order valence-corrected chi connectivity index (χ1v) is 7.91. The number of fused-ring (bicyclic) bond motifs is 1. The zero-order valence-electron chi connectivity index (χ0n) is 11.4. The molecule has 1 aromatic rings. The van der Waals surface area contributed by atoms with Gasteiger partial charge in [-0.2, -0.15) is 0 Å². The standard InChI is InChI=1S/C9H8N4O3S3.Na.H/c10-8-11-12-9(19-8)18-3-2-17-5-1-4(14)13(5)6(3)7(15)16;;/h5H,1-2H2,(H2,10,11)(H,15,16);;/q;+1;-1. The van der Waals surface area contributed by atoms with Crippen molar-refractivity contribution in [3.05, 3.63) is 10.6 Å². The number of carboxylic acid groups (broad SMARTS) is 1. The van der Waals surface area contributed by atoms with Gasteiger partial charge in [0.1, 0.15) is 5.70 Å². The van der Waals surface area contributed by atoms with Gasteiger partial charge in [0.05, 0.1) is 11.8 Å². The van der Waals surface area contributed by atoms with Crippen molar-refractivity contribution in [3.63, 3.8) is 0 Å². The molecule has 0 aliphatic carbocycles. The van der Waals surface area contributed by atoms with Gasteiger partial charge in [0.2, 0.25) is 11.0 Å². The molecular formula is C9H9N4NaO3S3. The Bertz CT molecular complexity index is 611. The van der Waals surface area contributed by atoms with E-state index < -0.39 is 5.97 Å². The second-order valence-corrected chi connectivity index (χ2v) is 7.34. The molecule has 0 bridgehead atoms. The number of carboxylic acids is 1. The molecule has 2 aliphatic rings. The fourth-order valence-corrected chi connectivity index (χ4v) is 5.03. The van der Waals surface area contributed by atoms with E-state index in [1.165, 1.54) is 28.0 Å². The number of hydrogen-bond acceptors (Lipinski definition) is 8. The van der Waals surface area contributed by atoms with Crippen LogP contribution in [-0.2, 0) is 9.59 Å². The molecule has 1 aromatic heterocycles. The average molecular weight is 340 g/mol. The molecule has 0 spiro atoms. The summed E-state index contributed by atoms with van der Waals surface area (Å²) in [7, 11) is 0. The number of hydrogen-bond donors (Lipinski definition) is 2. The zero-order chi connectivity index (χ0) is 13.6. The third kappa shape index (κ3) is 2.85. The van der Waals surface area contributed by atoms with Gasteiger partial charge in [-0.05, 0) is 0 Å². The summed E-state index contributed by atoms with van der Waals surface area (Å²) >= 11 is 3.97. The third-order valence-electron chi connectivity index (χ3n) is 2.65. The van der Waals surface area contributed by atoms with Gasteiger partial charge in [0.15, 0.2) is 4.34 Å². The maximum atomic E-state index is 11.5. The van der Waals surface area contributed by atoms with Crippen LogP contribution in [-0.4, -0.2) is 43.2 Å². The van der Waals surface area contributed by atoms with Gasteiger partial charge >= 0.3 is 35.5 Å². The van der Waals surface area contributed by atoms with Crippen molar-refractivity contribution in [1.82, 2.24) is 15.1 Å². The van der Waals surface area contributed by atoms with Crippen LogP contribution in [0.4, 0.5) is 5.13 Å². The Hall–Kier alpha value is -0.260. The van der Waals surface area contributed by atoms with Crippen LogP contribution in [0.2, 0.25) is 0 Å². The molecule has 3 N–H and O–H groups in total. The quantitative estimate of drug-likeness (QED) is 0.477. The molecule has 20 heavy (non-hydrogen) atoms. The molecule has 11 heteroatoms. The van der Waals surface area contributed by atoms with Gasteiger partial charge in [0, 0.05) is 10.7 Å². The Morgan fingerprint density at radius 2 is 2.30 bits per heavy atom. The molecular weight excluding hydrogens is 331 g/mol. The molecule has 0 radical (unpaired) electrons. The molecule has 3 heterocycles. The van der Waals surface area contributed by atoms with Crippen LogP contribution >= 0.6 is 34.9 Å². The van der Waals surface area contributed by atoms with E-state index in [1.54, 1.807) is 11.8 Å². The van der Waals surface area contributed by atoms with E-state index in [2.05, 4.69) is 10.2 Å². The van der Waals surface area contributed by atoms with Crippen molar-refractivity contribution in [1.29, 1.82) is 0 Å². The molecule has 102 valence electrons. The van der Waals surface area contributed by atoms with Crippen LogP contribution in [0.5, 0.6) is 0 Å². The van der Waals surface area contributed by atoms with Crippen LogP contribution in [0.1, 0.15) is 7.85 Å². The Morgan fingerprint density at radius 3 is 2.85 bits per heavy atom. The predicted octanol–water partition coefficient (Wildman–Crippen LogP) is -2.07. The summed E-state index contributed by atoms with van der Waals surface area (Å²) in [6.45, 7) is 0. The SMILES string of the molecule is Nc1nnc(SC2=C(C(=O)O)N3C(=O)CC3SC2)s1.[H-].[Na+]. The fourth-order valence-electron chi connectivity index (χ4n) is 1.83. The van der Waals surface area contributed by atoms with E-state index in [0.717, 1.165) is 0 Å².